The van der Waals surface area contributed by atoms with Gasteiger partial charge in [0, 0.05) is 6.07 Å². The van der Waals surface area contributed by atoms with Gasteiger partial charge in [-0.25, -0.2) is 0 Å². The van der Waals surface area contributed by atoms with E-state index in [1.54, 1.807) is 43.5 Å². The minimum atomic E-state index is 0.0102. The van der Waals surface area contributed by atoms with Crippen LogP contribution in [0.2, 0.25) is 0 Å². The third-order valence-corrected chi connectivity index (χ3v) is 2.30. The van der Waals surface area contributed by atoms with Crippen molar-refractivity contribution >= 4 is 5.69 Å². The van der Waals surface area contributed by atoms with E-state index in [4.69, 9.17) is 15.2 Å². The smallest absolute Gasteiger partial charge is 0.142 e. The van der Waals surface area contributed by atoms with Crippen molar-refractivity contribution in [1.82, 2.24) is 0 Å². The summed E-state index contributed by atoms with van der Waals surface area (Å²) in [4.78, 5) is 0. The highest BCUT2D eigenvalue weighted by molar-refractivity contribution is 5.55. The van der Waals surface area contributed by atoms with Crippen LogP contribution < -0.4 is 15.2 Å². The number of nitrogen functional groups attached to an aromatic ring is 1. The van der Waals surface area contributed by atoms with Crippen LogP contribution in [0.25, 0.3) is 0 Å². The summed E-state index contributed by atoms with van der Waals surface area (Å²) in [6, 6.07) is 11.9. The number of hydrogen-bond donors (Lipinski definition) is 2. The van der Waals surface area contributed by atoms with Gasteiger partial charge in [-0.3, -0.25) is 0 Å². The van der Waals surface area contributed by atoms with Gasteiger partial charge in [0.05, 0.1) is 12.8 Å². The molecule has 0 fully saturated rings. The van der Waals surface area contributed by atoms with Crippen molar-refractivity contribution < 1.29 is 14.6 Å². The molecule has 0 aliphatic carbocycles. The molecule has 0 saturated heterocycles. The number of hydrogen-bond acceptors (Lipinski definition) is 4. The average Bonchev–Trinajstić information content (AvgIpc) is 2.35. The van der Waals surface area contributed by atoms with Gasteiger partial charge in [-0.05, 0) is 36.4 Å². The van der Waals surface area contributed by atoms with E-state index in [2.05, 4.69) is 0 Å². The Kier molecular flexibility index (Phi) is 3.05. The molecule has 17 heavy (non-hydrogen) atoms. The summed E-state index contributed by atoms with van der Waals surface area (Å²) in [7, 11) is 1.61. The molecule has 0 amide bonds. The maximum absolute atomic E-state index is 9.44. The van der Waals surface area contributed by atoms with Crippen LogP contribution in [-0.2, 0) is 0 Å². The van der Waals surface area contributed by atoms with Gasteiger partial charge in [0.15, 0.2) is 0 Å². The fourth-order valence-electron chi connectivity index (χ4n) is 1.37. The molecule has 0 bridgehead atoms. The highest BCUT2D eigenvalue weighted by Gasteiger charge is 2.01. The lowest BCUT2D eigenvalue weighted by atomic mass is 10.3. The maximum Gasteiger partial charge on any atom is 0.142 e. The molecule has 0 aliphatic rings. The van der Waals surface area contributed by atoms with Gasteiger partial charge in [0.25, 0.3) is 0 Å². The predicted molar refractivity (Wildman–Crippen MR) is 65.6 cm³/mol. The van der Waals surface area contributed by atoms with Crippen LogP contribution >= 0.6 is 0 Å². The molecular weight excluding hydrogens is 218 g/mol. The Labute approximate surface area is 99.2 Å². The van der Waals surface area contributed by atoms with Crippen molar-refractivity contribution in [2.75, 3.05) is 12.8 Å². The molecule has 0 spiro atoms. The normalized spacial score (nSPS) is 9.94. The Morgan fingerprint density at radius 2 is 1.53 bits per heavy atom. The molecule has 4 nitrogen and oxygen atoms in total. The maximum atomic E-state index is 9.44. The first-order valence-electron chi connectivity index (χ1n) is 5.09. The van der Waals surface area contributed by atoms with E-state index in [1.165, 1.54) is 6.07 Å². The second-order valence-electron chi connectivity index (χ2n) is 3.50. The topological polar surface area (TPSA) is 64.7 Å². The molecule has 0 radical (unpaired) electrons. The number of rotatable bonds is 3. The van der Waals surface area contributed by atoms with Gasteiger partial charge in [-0.1, -0.05) is 0 Å². The molecule has 2 rings (SSSR count). The van der Waals surface area contributed by atoms with Crippen molar-refractivity contribution in [3.63, 3.8) is 0 Å². The summed E-state index contributed by atoms with van der Waals surface area (Å²) in [5, 5.41) is 9.44. The molecule has 0 aromatic heterocycles. The van der Waals surface area contributed by atoms with Crippen LogP contribution in [0.15, 0.2) is 42.5 Å². The van der Waals surface area contributed by atoms with Crippen molar-refractivity contribution in [3.8, 4) is 23.0 Å². The second-order valence-corrected chi connectivity index (χ2v) is 3.50. The lowest BCUT2D eigenvalue weighted by Gasteiger charge is -2.07. The van der Waals surface area contributed by atoms with Crippen molar-refractivity contribution in [2.45, 2.75) is 0 Å². The van der Waals surface area contributed by atoms with E-state index in [0.717, 1.165) is 5.75 Å². The summed E-state index contributed by atoms with van der Waals surface area (Å²) in [5.41, 5.74) is 5.82. The first-order valence-corrected chi connectivity index (χ1v) is 5.09. The summed E-state index contributed by atoms with van der Waals surface area (Å²) < 4.78 is 10.6. The highest BCUT2D eigenvalue weighted by Crippen LogP contribution is 2.29. The summed E-state index contributed by atoms with van der Waals surface area (Å²) in [6.45, 7) is 0. The van der Waals surface area contributed by atoms with Crippen molar-refractivity contribution in [3.05, 3.63) is 42.5 Å². The van der Waals surface area contributed by atoms with Gasteiger partial charge < -0.3 is 20.3 Å². The number of methoxy groups -OCH3 is 1. The van der Waals surface area contributed by atoms with Gasteiger partial charge in [0.1, 0.15) is 23.0 Å². The number of phenolic OH excluding ortho intramolecular Hbond substituents is 1. The van der Waals surface area contributed by atoms with Gasteiger partial charge in [0.2, 0.25) is 0 Å². The average molecular weight is 231 g/mol. The molecule has 2 aromatic carbocycles. The van der Waals surface area contributed by atoms with E-state index in [0.29, 0.717) is 17.2 Å². The Hall–Kier alpha value is -2.36. The quantitative estimate of drug-likeness (QED) is 0.629. The lowest BCUT2D eigenvalue weighted by molar-refractivity contribution is 0.412. The van der Waals surface area contributed by atoms with Crippen LogP contribution in [-0.4, -0.2) is 12.2 Å². The number of nitrogens with two attached hydrogens (primary N) is 1. The predicted octanol–water partition coefficient (Wildman–Crippen LogP) is 2.78. The molecule has 0 unspecified atom stereocenters. The van der Waals surface area contributed by atoms with Gasteiger partial charge >= 0.3 is 0 Å². The fraction of sp³-hybridized carbons (Fsp3) is 0.0769. The number of anilines is 1. The van der Waals surface area contributed by atoms with Crippen LogP contribution in [0.1, 0.15) is 0 Å². The minimum absolute atomic E-state index is 0.0102. The van der Waals surface area contributed by atoms with Crippen molar-refractivity contribution in [2.24, 2.45) is 0 Å². The summed E-state index contributed by atoms with van der Waals surface area (Å²) >= 11 is 0. The first kappa shape index (κ1) is 11.1. The molecule has 0 aliphatic heterocycles. The summed E-state index contributed by atoms with van der Waals surface area (Å²) in [6.07, 6.45) is 0. The summed E-state index contributed by atoms with van der Waals surface area (Å²) in [5.74, 6) is 1.96. The molecule has 4 heteroatoms. The Morgan fingerprint density at radius 1 is 0.941 bits per heavy atom. The third kappa shape index (κ3) is 2.60. The SMILES string of the molecule is COc1ccc(Oc2ccc(N)c(O)c2)cc1. The van der Waals surface area contributed by atoms with Crippen LogP contribution in [0.5, 0.6) is 23.0 Å². The van der Waals surface area contributed by atoms with Crippen LogP contribution in [0.4, 0.5) is 5.69 Å². The molecule has 0 atom stereocenters. The first-order chi connectivity index (χ1) is 8.19. The van der Waals surface area contributed by atoms with Crippen molar-refractivity contribution in [1.29, 1.82) is 0 Å². The highest BCUT2D eigenvalue weighted by atomic mass is 16.5. The number of benzene rings is 2. The zero-order chi connectivity index (χ0) is 12.3. The Morgan fingerprint density at radius 3 is 2.12 bits per heavy atom. The van der Waals surface area contributed by atoms with Crippen LogP contribution in [0, 0.1) is 0 Å². The monoisotopic (exact) mass is 231 g/mol. The number of phenols is 1. The number of ether oxygens (including phenoxy) is 2. The molecular formula is C13H13NO3. The van der Waals surface area contributed by atoms with Crippen LogP contribution in [0.3, 0.4) is 0 Å². The Balaban J connectivity index is 2.16. The molecule has 3 N–H and O–H groups in total. The fourth-order valence-corrected chi connectivity index (χ4v) is 1.37. The molecule has 88 valence electrons. The second kappa shape index (κ2) is 4.65. The molecule has 0 heterocycles. The minimum Gasteiger partial charge on any atom is -0.506 e. The Bertz CT molecular complexity index is 509. The van der Waals surface area contributed by atoms with E-state index < -0.39 is 0 Å². The van der Waals surface area contributed by atoms with E-state index >= 15 is 0 Å². The van der Waals surface area contributed by atoms with E-state index in [1.807, 2.05) is 0 Å². The van der Waals surface area contributed by atoms with Gasteiger partial charge in [-0.15, -0.1) is 0 Å². The lowest BCUT2D eigenvalue weighted by Crippen LogP contribution is -1.88. The largest absolute Gasteiger partial charge is 0.506 e. The standard InChI is InChI=1S/C13H13NO3/c1-16-9-2-4-10(5-3-9)17-11-6-7-12(14)13(15)8-11/h2-8,15H,14H2,1H3. The van der Waals surface area contributed by atoms with E-state index in [9.17, 15) is 5.11 Å². The number of aromatic hydroxyl groups is 1. The zero-order valence-electron chi connectivity index (χ0n) is 9.38. The zero-order valence-corrected chi connectivity index (χ0v) is 9.38. The molecule has 2 aromatic rings. The third-order valence-electron chi connectivity index (χ3n) is 2.30. The van der Waals surface area contributed by atoms with Gasteiger partial charge in [-0.2, -0.15) is 0 Å². The van der Waals surface area contributed by atoms with E-state index in [-0.39, 0.29) is 5.75 Å². The molecule has 0 saturated carbocycles.